The number of aryl methyl sites for hydroxylation is 1. The number of halogens is 1. The van der Waals surface area contributed by atoms with Crippen LogP contribution in [0.4, 0.5) is 5.69 Å². The molecule has 0 heterocycles. The molecule has 0 aliphatic heterocycles. The monoisotopic (exact) mass is 535 g/mol. The lowest BCUT2D eigenvalue weighted by atomic mass is 10.1. The predicted molar refractivity (Wildman–Crippen MR) is 147 cm³/mol. The van der Waals surface area contributed by atoms with Crippen molar-refractivity contribution in [2.45, 2.75) is 72.0 Å². The molecule has 1 atom stereocenters. The number of rotatable bonds is 13. The first kappa shape index (κ1) is 29.6. The van der Waals surface area contributed by atoms with Gasteiger partial charge in [0.05, 0.1) is 11.9 Å². The number of nitrogens with one attached hydrogen (secondary N) is 1. The molecule has 1 N–H and O–H groups in total. The van der Waals surface area contributed by atoms with Gasteiger partial charge in [-0.25, -0.2) is 8.42 Å². The maximum atomic E-state index is 13.4. The number of hydrogen-bond donors (Lipinski definition) is 1. The highest BCUT2D eigenvalue weighted by Crippen LogP contribution is 2.22. The van der Waals surface area contributed by atoms with Crippen molar-refractivity contribution in [1.82, 2.24) is 10.2 Å². The molecular formula is C27H38ClN3O4S. The maximum absolute atomic E-state index is 13.4. The molecule has 0 spiro atoms. The van der Waals surface area contributed by atoms with Crippen molar-refractivity contribution in [2.75, 3.05) is 17.1 Å². The minimum Gasteiger partial charge on any atom is -0.352 e. The van der Waals surface area contributed by atoms with Gasteiger partial charge in [0.1, 0.15) is 6.04 Å². The molecule has 36 heavy (non-hydrogen) atoms. The molecule has 0 bridgehead atoms. The molecule has 2 amide bonds. The Labute approximate surface area is 220 Å². The summed E-state index contributed by atoms with van der Waals surface area (Å²) in [7, 11) is -3.53. The SMILES string of the molecule is CCc1ccc(N(CCCC(=O)N(Cc2ccccc2Cl)C(CC)C(=O)NC(C)C)S(C)(=O)=O)cc1. The molecule has 0 fully saturated rings. The third-order valence-corrected chi connectivity index (χ3v) is 7.46. The smallest absolute Gasteiger partial charge is 0.243 e. The molecule has 0 radical (unpaired) electrons. The second kappa shape index (κ2) is 13.7. The van der Waals surface area contributed by atoms with Gasteiger partial charge in [-0.05, 0) is 62.4 Å². The van der Waals surface area contributed by atoms with Crippen LogP contribution in [0.2, 0.25) is 5.02 Å². The van der Waals surface area contributed by atoms with E-state index < -0.39 is 16.1 Å². The lowest BCUT2D eigenvalue weighted by Crippen LogP contribution is -2.50. The second-order valence-corrected chi connectivity index (χ2v) is 11.5. The molecule has 2 aromatic rings. The lowest BCUT2D eigenvalue weighted by Gasteiger charge is -2.32. The number of benzene rings is 2. The molecule has 2 rings (SSSR count). The third-order valence-electron chi connectivity index (χ3n) is 5.90. The number of carbonyl (C=O) groups excluding carboxylic acids is 2. The second-order valence-electron chi connectivity index (χ2n) is 9.16. The van der Waals surface area contributed by atoms with Crippen LogP contribution in [0.3, 0.4) is 0 Å². The Bertz CT molecular complexity index is 1120. The Balaban J connectivity index is 2.22. The topological polar surface area (TPSA) is 86.8 Å². The predicted octanol–water partition coefficient (Wildman–Crippen LogP) is 4.78. The van der Waals surface area contributed by atoms with E-state index in [0.29, 0.717) is 23.6 Å². The zero-order valence-corrected chi connectivity index (χ0v) is 23.4. The van der Waals surface area contributed by atoms with Gasteiger partial charge in [-0.3, -0.25) is 13.9 Å². The zero-order chi connectivity index (χ0) is 26.9. The van der Waals surface area contributed by atoms with Gasteiger partial charge >= 0.3 is 0 Å². The highest BCUT2D eigenvalue weighted by Gasteiger charge is 2.29. The minimum absolute atomic E-state index is 0.0637. The first-order chi connectivity index (χ1) is 17.0. The average molecular weight is 536 g/mol. The standard InChI is InChI=1S/C27H38ClN3O4S/c1-6-21-14-16-23(17-15-21)31(36(5,34)35)18-10-13-26(32)30(19-22-11-8-9-12-24(22)28)25(7-2)27(33)29-20(3)4/h8-9,11-12,14-17,20,25H,6-7,10,13,18-19H2,1-5H3,(H,29,33). The van der Waals surface area contributed by atoms with Crippen LogP contribution in [0.5, 0.6) is 0 Å². The molecule has 0 aliphatic carbocycles. The van der Waals surface area contributed by atoms with Crippen LogP contribution in [0.15, 0.2) is 48.5 Å². The van der Waals surface area contributed by atoms with Gasteiger partial charge in [-0.15, -0.1) is 0 Å². The summed E-state index contributed by atoms with van der Waals surface area (Å²) in [5.74, 6) is -0.447. The van der Waals surface area contributed by atoms with Crippen molar-refractivity contribution in [3.8, 4) is 0 Å². The van der Waals surface area contributed by atoms with Gasteiger partial charge in [-0.2, -0.15) is 0 Å². The number of hydrogen-bond acceptors (Lipinski definition) is 4. The summed E-state index contributed by atoms with van der Waals surface area (Å²) in [5, 5.41) is 3.42. The first-order valence-corrected chi connectivity index (χ1v) is 14.6. The minimum atomic E-state index is -3.53. The molecule has 198 valence electrons. The van der Waals surface area contributed by atoms with E-state index >= 15 is 0 Å². The van der Waals surface area contributed by atoms with Crippen molar-refractivity contribution in [3.63, 3.8) is 0 Å². The van der Waals surface area contributed by atoms with Crippen molar-refractivity contribution in [1.29, 1.82) is 0 Å². The van der Waals surface area contributed by atoms with Gasteiger partial charge < -0.3 is 10.2 Å². The Morgan fingerprint density at radius 3 is 2.19 bits per heavy atom. The Hall–Kier alpha value is -2.58. The van der Waals surface area contributed by atoms with E-state index in [0.717, 1.165) is 23.8 Å². The molecule has 0 aromatic heterocycles. The van der Waals surface area contributed by atoms with Crippen molar-refractivity contribution >= 4 is 39.1 Å². The van der Waals surface area contributed by atoms with Crippen LogP contribution < -0.4 is 9.62 Å². The number of anilines is 1. The van der Waals surface area contributed by atoms with Crippen LogP contribution >= 0.6 is 11.6 Å². The fourth-order valence-electron chi connectivity index (χ4n) is 4.01. The van der Waals surface area contributed by atoms with Gasteiger partial charge in [0.15, 0.2) is 0 Å². The fourth-order valence-corrected chi connectivity index (χ4v) is 5.17. The number of nitrogens with zero attached hydrogens (tertiary/aromatic N) is 2. The summed E-state index contributed by atoms with van der Waals surface area (Å²) in [6.07, 6.45) is 2.86. The van der Waals surface area contributed by atoms with Gasteiger partial charge in [0.25, 0.3) is 0 Å². The van der Waals surface area contributed by atoms with Gasteiger partial charge in [0, 0.05) is 30.6 Å². The van der Waals surface area contributed by atoms with Crippen LogP contribution in [0.1, 0.15) is 58.1 Å². The van der Waals surface area contributed by atoms with E-state index in [1.54, 1.807) is 23.1 Å². The van der Waals surface area contributed by atoms with Crippen LogP contribution in [-0.2, 0) is 32.6 Å². The Kier molecular flexibility index (Phi) is 11.2. The van der Waals surface area contributed by atoms with Gasteiger partial charge in [-0.1, -0.05) is 55.8 Å². The van der Waals surface area contributed by atoms with Crippen LogP contribution in [0.25, 0.3) is 0 Å². The molecular weight excluding hydrogens is 498 g/mol. The normalized spacial score (nSPS) is 12.3. The fraction of sp³-hybridized carbons (Fsp3) is 0.481. The van der Waals surface area contributed by atoms with E-state index in [2.05, 4.69) is 5.32 Å². The Morgan fingerprint density at radius 1 is 1.03 bits per heavy atom. The summed E-state index contributed by atoms with van der Waals surface area (Å²) in [6, 6.07) is 13.9. The van der Waals surface area contributed by atoms with Crippen LogP contribution in [0, 0.1) is 0 Å². The molecule has 0 saturated carbocycles. The number of carbonyl (C=O) groups is 2. The molecule has 0 saturated heterocycles. The van der Waals surface area contributed by atoms with E-state index in [9.17, 15) is 18.0 Å². The maximum Gasteiger partial charge on any atom is 0.243 e. The number of amides is 2. The van der Waals surface area contributed by atoms with Crippen molar-refractivity contribution < 1.29 is 18.0 Å². The molecule has 1 unspecified atom stereocenters. The molecule has 0 aliphatic rings. The van der Waals surface area contributed by atoms with E-state index in [1.165, 1.54) is 4.31 Å². The van der Waals surface area contributed by atoms with Crippen molar-refractivity contribution in [2.24, 2.45) is 0 Å². The lowest BCUT2D eigenvalue weighted by molar-refractivity contribution is -0.141. The summed E-state index contributed by atoms with van der Waals surface area (Å²) in [6.45, 7) is 7.99. The summed E-state index contributed by atoms with van der Waals surface area (Å²) in [4.78, 5) is 27.9. The van der Waals surface area contributed by atoms with Crippen LogP contribution in [-0.4, -0.2) is 50.0 Å². The average Bonchev–Trinajstić information content (AvgIpc) is 2.81. The first-order valence-electron chi connectivity index (χ1n) is 12.4. The molecule has 9 heteroatoms. The number of sulfonamides is 1. The van der Waals surface area contributed by atoms with E-state index in [-0.39, 0.29) is 37.4 Å². The third kappa shape index (κ3) is 8.52. The summed E-state index contributed by atoms with van der Waals surface area (Å²) < 4.78 is 26.3. The molecule has 2 aromatic carbocycles. The largest absolute Gasteiger partial charge is 0.352 e. The van der Waals surface area contributed by atoms with Crippen molar-refractivity contribution in [3.05, 3.63) is 64.7 Å². The molecule has 7 nitrogen and oxygen atoms in total. The van der Waals surface area contributed by atoms with Gasteiger partial charge in [0.2, 0.25) is 21.8 Å². The quantitative estimate of drug-likeness (QED) is 0.400. The highest BCUT2D eigenvalue weighted by molar-refractivity contribution is 7.92. The summed E-state index contributed by atoms with van der Waals surface area (Å²) >= 11 is 6.36. The van der Waals surface area contributed by atoms with E-state index in [1.807, 2.05) is 58.0 Å². The van der Waals surface area contributed by atoms with E-state index in [4.69, 9.17) is 11.6 Å². The summed E-state index contributed by atoms with van der Waals surface area (Å²) in [5.41, 5.74) is 2.43. The Morgan fingerprint density at radius 2 is 1.67 bits per heavy atom. The highest BCUT2D eigenvalue weighted by atomic mass is 35.5. The zero-order valence-electron chi connectivity index (χ0n) is 21.8.